The molecule has 0 N–H and O–H groups in total. The minimum atomic E-state index is 0.869. The zero-order valence-corrected chi connectivity index (χ0v) is 60.9. The van der Waals surface area contributed by atoms with Gasteiger partial charge in [0, 0.05) is 58.5 Å². The van der Waals surface area contributed by atoms with Gasteiger partial charge in [-0.1, -0.05) is 234 Å². The van der Waals surface area contributed by atoms with Crippen LogP contribution >= 0.6 is 79.4 Å². The van der Waals surface area contributed by atoms with Crippen LogP contribution in [0.1, 0.15) is 325 Å². The van der Waals surface area contributed by atoms with Crippen LogP contribution in [0.5, 0.6) is 0 Å². The van der Waals surface area contributed by atoms with E-state index < -0.39 is 0 Å². The minimum Gasteiger partial charge on any atom is -0.297 e. The van der Waals surface area contributed by atoms with Crippen molar-refractivity contribution in [2.45, 2.75) is 311 Å². The van der Waals surface area contributed by atoms with Crippen LogP contribution in [0, 0.1) is 0 Å². The molecule has 0 saturated carbocycles. The molecule has 0 amide bonds. The Labute approximate surface area is 558 Å². The van der Waals surface area contributed by atoms with Gasteiger partial charge in [0.25, 0.3) is 0 Å². The maximum atomic E-state index is 12.4. The van der Waals surface area contributed by atoms with Gasteiger partial charge in [-0.2, -0.15) is 0 Å². The molecule has 7 aromatic rings. The second kappa shape index (κ2) is 41.7. The van der Waals surface area contributed by atoms with Gasteiger partial charge in [-0.15, -0.1) is 79.4 Å². The predicted molar refractivity (Wildman–Crippen MR) is 397 cm³/mol. The second-order valence-electron chi connectivity index (χ2n) is 25.4. The van der Waals surface area contributed by atoms with Crippen LogP contribution in [0.3, 0.4) is 0 Å². The molecule has 87 heavy (non-hydrogen) atoms. The molecule has 0 aliphatic heterocycles. The van der Waals surface area contributed by atoms with E-state index in [4.69, 9.17) is 0 Å². The Morgan fingerprint density at radius 3 is 0.655 bits per heavy atom. The molecule has 0 unspecified atom stereocenters. The van der Waals surface area contributed by atoms with Crippen LogP contribution in [0.15, 0.2) is 48.5 Å². The van der Waals surface area contributed by atoms with Crippen molar-refractivity contribution in [3.05, 3.63) is 91.7 Å². The summed E-state index contributed by atoms with van der Waals surface area (Å²) in [6.07, 6.45) is 55.3. The van der Waals surface area contributed by atoms with Crippen molar-refractivity contribution in [2.75, 3.05) is 0 Å². The summed E-state index contributed by atoms with van der Waals surface area (Å²) in [5, 5.41) is 0. The van der Waals surface area contributed by atoms with Gasteiger partial charge >= 0.3 is 0 Å². The standard InChI is InChI=1S/C78H112O2S7/c1-7-13-19-25-31-37-43-59-51-65(57-79)81-75(59)69-55-63(47-41-35-29-23-17-11-5)77(86-69)71-53-61(45-39-33-27-21-15-9-3)73(84-71)67-49-50-68(83-67)74-62(46-40-34-28-22-16-10-4)54-72(85-74)78-64(48-42-36-30-24-18-12-6)56-70(87-78)76-60(52-66(58-80)82-76)44-38-32-26-20-14-8-2/h49-58H,7-48H2,1-6H3. The summed E-state index contributed by atoms with van der Waals surface area (Å²) in [7, 11) is 0. The van der Waals surface area contributed by atoms with Gasteiger partial charge in [-0.05, 0) is 159 Å². The lowest BCUT2D eigenvalue weighted by Crippen LogP contribution is -1.87. The first-order chi connectivity index (χ1) is 42.9. The zero-order valence-electron chi connectivity index (χ0n) is 55.1. The van der Waals surface area contributed by atoms with Gasteiger partial charge in [0.2, 0.25) is 0 Å². The SMILES string of the molecule is CCCCCCCCc1cc(C=O)sc1-c1cc(CCCCCCCC)c(-c2cc(CCCCCCCC)c(-c3ccc(-c4sc(-c5sc(-c6sc(C=O)cc6CCCCCCCC)cc5CCCCCCCC)cc4CCCCCCCC)s3)s2)s1. The first-order valence-corrected chi connectivity index (χ1v) is 41.4. The highest BCUT2D eigenvalue weighted by Crippen LogP contribution is 2.52. The molecule has 7 heterocycles. The van der Waals surface area contributed by atoms with E-state index in [1.165, 1.54) is 323 Å². The van der Waals surface area contributed by atoms with Crippen LogP contribution in [-0.4, -0.2) is 12.6 Å². The molecule has 478 valence electrons. The number of carbonyl (C=O) groups excluding carboxylic acids is 2. The third-order valence-electron chi connectivity index (χ3n) is 17.9. The summed E-state index contributed by atoms with van der Waals surface area (Å²) in [4.78, 5) is 43.6. The molecule has 7 aromatic heterocycles. The number of unbranched alkanes of at least 4 members (excludes halogenated alkanes) is 30. The molecule has 9 heteroatoms. The molecule has 0 saturated heterocycles. The van der Waals surface area contributed by atoms with Crippen molar-refractivity contribution >= 4 is 91.9 Å². The molecular formula is C78H112O2S7. The number of aldehydes is 2. The molecule has 0 atom stereocenters. The molecule has 7 rings (SSSR count). The monoisotopic (exact) mass is 1300 g/mol. The van der Waals surface area contributed by atoms with E-state index in [9.17, 15) is 9.59 Å². The number of rotatable bonds is 50. The van der Waals surface area contributed by atoms with Crippen LogP contribution in [0.25, 0.3) is 58.5 Å². The van der Waals surface area contributed by atoms with E-state index >= 15 is 0 Å². The highest BCUT2D eigenvalue weighted by molar-refractivity contribution is 7.31. The highest BCUT2D eigenvalue weighted by atomic mass is 32.1. The number of hydrogen-bond acceptors (Lipinski definition) is 9. The van der Waals surface area contributed by atoms with Crippen molar-refractivity contribution in [1.29, 1.82) is 0 Å². The number of thiophene rings is 7. The third kappa shape index (κ3) is 23.1. The maximum Gasteiger partial charge on any atom is 0.160 e. The van der Waals surface area contributed by atoms with Crippen molar-refractivity contribution in [3.63, 3.8) is 0 Å². The molecule has 0 radical (unpaired) electrons. The molecule has 0 aliphatic carbocycles. The molecular weight excluding hydrogens is 1190 g/mol. The summed E-state index contributed by atoms with van der Waals surface area (Å²) in [5.41, 5.74) is 8.85. The van der Waals surface area contributed by atoms with E-state index in [1.807, 2.05) is 22.7 Å². The second-order valence-corrected chi connectivity index (χ2v) is 32.8. The van der Waals surface area contributed by atoms with Gasteiger partial charge in [-0.25, -0.2) is 0 Å². The average molecular weight is 1310 g/mol. The Bertz CT molecular complexity index is 2790. The fraction of sp³-hybridized carbons (Fsp3) is 0.615. The van der Waals surface area contributed by atoms with Crippen molar-refractivity contribution in [1.82, 2.24) is 0 Å². The normalized spacial score (nSPS) is 11.7. The van der Waals surface area contributed by atoms with E-state index in [1.54, 1.807) is 22.7 Å². The van der Waals surface area contributed by atoms with Gasteiger partial charge < -0.3 is 0 Å². The summed E-state index contributed by atoms with van der Waals surface area (Å²) in [5.74, 6) is 0. The minimum absolute atomic E-state index is 0.869. The van der Waals surface area contributed by atoms with Crippen molar-refractivity contribution in [3.8, 4) is 58.5 Å². The van der Waals surface area contributed by atoms with Crippen molar-refractivity contribution in [2.24, 2.45) is 0 Å². The van der Waals surface area contributed by atoms with E-state index in [0.29, 0.717) is 0 Å². The van der Waals surface area contributed by atoms with Gasteiger partial charge in [-0.3, -0.25) is 9.59 Å². The molecule has 0 aromatic carbocycles. The summed E-state index contributed by atoms with van der Waals surface area (Å²) in [6, 6.07) is 19.8. The van der Waals surface area contributed by atoms with Gasteiger partial charge in [0.15, 0.2) is 12.6 Å². The Hall–Kier alpha value is -2.76. The molecule has 0 fully saturated rings. The molecule has 2 nitrogen and oxygen atoms in total. The van der Waals surface area contributed by atoms with Crippen LogP contribution < -0.4 is 0 Å². The number of carbonyl (C=O) groups is 2. The summed E-state index contributed by atoms with van der Waals surface area (Å²) < 4.78 is 0. The molecule has 0 spiro atoms. The first kappa shape index (κ1) is 71.7. The lowest BCUT2D eigenvalue weighted by atomic mass is 10.0. The number of aryl methyl sites for hydroxylation is 6. The Kier molecular flexibility index (Phi) is 34.3. The maximum absolute atomic E-state index is 12.4. The Morgan fingerprint density at radius 1 is 0.230 bits per heavy atom. The van der Waals surface area contributed by atoms with E-state index in [2.05, 4.69) is 124 Å². The van der Waals surface area contributed by atoms with Crippen molar-refractivity contribution < 1.29 is 9.59 Å². The molecule has 0 bridgehead atoms. The highest BCUT2D eigenvalue weighted by Gasteiger charge is 2.25. The summed E-state index contributed by atoms with van der Waals surface area (Å²) in [6.45, 7) is 13.9. The lowest BCUT2D eigenvalue weighted by molar-refractivity contribution is 0.111. The average Bonchev–Trinajstić information content (AvgIpc) is 1.93. The quantitative estimate of drug-likeness (QED) is 0.0281. The van der Waals surface area contributed by atoms with E-state index in [-0.39, 0.29) is 0 Å². The summed E-state index contributed by atoms with van der Waals surface area (Å²) >= 11 is 13.7. The fourth-order valence-electron chi connectivity index (χ4n) is 12.7. The Morgan fingerprint density at radius 2 is 0.425 bits per heavy atom. The Balaban J connectivity index is 1.27. The predicted octanol–water partition coefficient (Wildman–Crippen LogP) is 29.2. The molecule has 0 aliphatic rings. The van der Waals surface area contributed by atoms with Crippen LogP contribution in [0.4, 0.5) is 0 Å². The smallest absolute Gasteiger partial charge is 0.160 e. The first-order valence-electron chi connectivity index (χ1n) is 35.6. The third-order valence-corrected chi connectivity index (χ3v) is 27.0. The number of hydrogen-bond donors (Lipinski definition) is 0. The zero-order chi connectivity index (χ0) is 61.3. The van der Waals surface area contributed by atoms with Crippen LogP contribution in [-0.2, 0) is 38.5 Å². The largest absolute Gasteiger partial charge is 0.297 e. The van der Waals surface area contributed by atoms with E-state index in [0.717, 1.165) is 60.9 Å². The van der Waals surface area contributed by atoms with Crippen LogP contribution in [0.2, 0.25) is 0 Å². The topological polar surface area (TPSA) is 34.1 Å². The fourth-order valence-corrected chi connectivity index (χ4v) is 21.4. The van der Waals surface area contributed by atoms with Gasteiger partial charge in [0.1, 0.15) is 0 Å². The van der Waals surface area contributed by atoms with Gasteiger partial charge in [0.05, 0.1) is 9.75 Å². The lowest BCUT2D eigenvalue weighted by Gasteiger charge is -2.04.